The number of carbonyl (C=O) groups is 3. The van der Waals surface area contributed by atoms with Gasteiger partial charge in [-0.15, -0.1) is 0 Å². The van der Waals surface area contributed by atoms with Crippen molar-refractivity contribution < 1.29 is 28.6 Å². The maximum absolute atomic E-state index is 12.1. The molecule has 3 aromatic rings. The molecule has 37 heavy (non-hydrogen) atoms. The summed E-state index contributed by atoms with van der Waals surface area (Å²) in [5, 5.41) is 2.67. The fourth-order valence-electron chi connectivity index (χ4n) is 3.59. The molecule has 0 saturated heterocycles. The van der Waals surface area contributed by atoms with E-state index in [1.54, 1.807) is 0 Å². The molecule has 0 heterocycles. The summed E-state index contributed by atoms with van der Waals surface area (Å²) in [6.45, 7) is 2.52. The standard InChI is InChI=1S/C30H33NO6/c1-22-5-15-27(16-6-22)31-30(34)37-18-4-3-17-36-29(33)21-26-13-9-24(10-14-26)19-23-7-11-25(12-8-23)20-28(32)35-2/h5-16H,3-4,17-21H2,1-2H3,(H,31,34). The number of esters is 2. The van der Waals surface area contributed by atoms with Crippen molar-refractivity contribution in [2.24, 2.45) is 0 Å². The van der Waals surface area contributed by atoms with Crippen molar-refractivity contribution in [1.29, 1.82) is 0 Å². The quantitative estimate of drug-likeness (QED) is 0.202. The maximum atomic E-state index is 12.1. The van der Waals surface area contributed by atoms with Crippen LogP contribution in [0.5, 0.6) is 0 Å². The molecule has 194 valence electrons. The largest absolute Gasteiger partial charge is 0.469 e. The van der Waals surface area contributed by atoms with Crippen LogP contribution in [0, 0.1) is 6.92 Å². The Morgan fingerprint density at radius 1 is 0.649 bits per heavy atom. The lowest BCUT2D eigenvalue weighted by Crippen LogP contribution is -2.15. The monoisotopic (exact) mass is 503 g/mol. The average molecular weight is 504 g/mol. The molecule has 3 rings (SSSR count). The van der Waals surface area contributed by atoms with Crippen molar-refractivity contribution in [3.8, 4) is 0 Å². The summed E-state index contributed by atoms with van der Waals surface area (Å²) in [5.41, 5.74) is 5.87. The van der Waals surface area contributed by atoms with Gasteiger partial charge in [0.1, 0.15) is 0 Å². The fraction of sp³-hybridized carbons (Fsp3) is 0.300. The highest BCUT2D eigenvalue weighted by Gasteiger charge is 2.07. The van der Waals surface area contributed by atoms with Crippen LogP contribution in [-0.2, 0) is 43.1 Å². The van der Waals surface area contributed by atoms with Gasteiger partial charge in [0.2, 0.25) is 0 Å². The van der Waals surface area contributed by atoms with E-state index >= 15 is 0 Å². The molecule has 0 bridgehead atoms. The molecule has 0 aliphatic rings. The minimum Gasteiger partial charge on any atom is -0.469 e. The van der Waals surface area contributed by atoms with E-state index in [2.05, 4.69) is 5.32 Å². The van der Waals surface area contributed by atoms with Gasteiger partial charge in [0.25, 0.3) is 0 Å². The second-order valence-electron chi connectivity index (χ2n) is 8.79. The van der Waals surface area contributed by atoms with Gasteiger partial charge >= 0.3 is 18.0 Å². The van der Waals surface area contributed by atoms with Gasteiger partial charge in [-0.25, -0.2) is 4.79 Å². The molecule has 0 spiro atoms. The molecular weight excluding hydrogens is 470 g/mol. The van der Waals surface area contributed by atoms with Gasteiger partial charge in [-0.2, -0.15) is 0 Å². The second-order valence-corrected chi connectivity index (χ2v) is 8.79. The summed E-state index contributed by atoms with van der Waals surface area (Å²) < 4.78 is 15.1. The zero-order valence-electron chi connectivity index (χ0n) is 21.3. The zero-order valence-corrected chi connectivity index (χ0v) is 21.3. The Morgan fingerprint density at radius 3 is 1.68 bits per heavy atom. The molecule has 7 heteroatoms. The van der Waals surface area contributed by atoms with E-state index in [1.807, 2.05) is 79.7 Å². The second kappa shape index (κ2) is 14.4. The van der Waals surface area contributed by atoms with Crippen LogP contribution in [0.15, 0.2) is 72.8 Å². The van der Waals surface area contributed by atoms with Gasteiger partial charge in [0.15, 0.2) is 0 Å². The highest BCUT2D eigenvalue weighted by atomic mass is 16.5. The lowest BCUT2D eigenvalue weighted by Gasteiger charge is -2.08. The molecule has 7 nitrogen and oxygen atoms in total. The van der Waals surface area contributed by atoms with Gasteiger partial charge in [0.05, 0.1) is 33.2 Å². The summed E-state index contributed by atoms with van der Waals surface area (Å²) in [7, 11) is 1.38. The molecular formula is C30H33NO6. The van der Waals surface area contributed by atoms with Crippen LogP contribution in [0.2, 0.25) is 0 Å². The molecule has 0 aliphatic heterocycles. The van der Waals surface area contributed by atoms with Crippen LogP contribution in [0.3, 0.4) is 0 Å². The number of hydrogen-bond acceptors (Lipinski definition) is 6. The van der Waals surface area contributed by atoms with Crippen molar-refractivity contribution in [1.82, 2.24) is 0 Å². The van der Waals surface area contributed by atoms with E-state index in [4.69, 9.17) is 14.2 Å². The minimum atomic E-state index is -0.500. The molecule has 0 atom stereocenters. The van der Waals surface area contributed by atoms with Gasteiger partial charge in [-0.3, -0.25) is 14.9 Å². The van der Waals surface area contributed by atoms with Crippen LogP contribution in [0.25, 0.3) is 0 Å². The van der Waals surface area contributed by atoms with E-state index in [-0.39, 0.29) is 38.0 Å². The van der Waals surface area contributed by atoms with Crippen LogP contribution < -0.4 is 5.32 Å². The Bertz CT molecular complexity index is 1150. The number of carbonyl (C=O) groups excluding carboxylic acids is 3. The van der Waals surface area contributed by atoms with Crippen LogP contribution >= 0.6 is 0 Å². The Morgan fingerprint density at radius 2 is 1.14 bits per heavy atom. The number of anilines is 1. The van der Waals surface area contributed by atoms with Crippen molar-refractivity contribution in [3.05, 3.63) is 101 Å². The first kappa shape index (κ1) is 27.5. The summed E-state index contributed by atoms with van der Waals surface area (Å²) in [5.74, 6) is -0.540. The number of benzene rings is 3. The zero-order chi connectivity index (χ0) is 26.5. The summed E-state index contributed by atoms with van der Waals surface area (Å²) >= 11 is 0. The Kier molecular flexibility index (Phi) is 10.7. The first-order valence-corrected chi connectivity index (χ1v) is 12.3. The summed E-state index contributed by atoms with van der Waals surface area (Å²) in [4.78, 5) is 35.3. The minimum absolute atomic E-state index is 0.206. The molecule has 0 unspecified atom stereocenters. The third kappa shape index (κ3) is 10.2. The van der Waals surface area contributed by atoms with Gasteiger partial charge in [-0.05, 0) is 60.6 Å². The number of rotatable bonds is 12. The van der Waals surface area contributed by atoms with Crippen LogP contribution in [-0.4, -0.2) is 38.4 Å². The summed E-state index contributed by atoms with van der Waals surface area (Å²) in [6, 6.07) is 23.2. The van der Waals surface area contributed by atoms with Crippen molar-refractivity contribution in [2.45, 2.75) is 39.0 Å². The topological polar surface area (TPSA) is 90.9 Å². The number of methoxy groups -OCH3 is 1. The first-order chi connectivity index (χ1) is 17.9. The van der Waals surface area contributed by atoms with E-state index in [1.165, 1.54) is 7.11 Å². The van der Waals surface area contributed by atoms with Gasteiger partial charge in [-0.1, -0.05) is 66.2 Å². The predicted octanol–water partition coefficient (Wildman–Crippen LogP) is 5.42. The highest BCUT2D eigenvalue weighted by molar-refractivity contribution is 5.84. The predicted molar refractivity (Wildman–Crippen MR) is 141 cm³/mol. The molecule has 0 fully saturated rings. The van der Waals surface area contributed by atoms with Crippen molar-refractivity contribution in [2.75, 3.05) is 25.6 Å². The summed E-state index contributed by atoms with van der Waals surface area (Å²) in [6.07, 6.45) is 1.95. The molecule has 1 N–H and O–H groups in total. The highest BCUT2D eigenvalue weighted by Crippen LogP contribution is 2.14. The van der Waals surface area contributed by atoms with E-state index < -0.39 is 6.09 Å². The third-order valence-corrected chi connectivity index (χ3v) is 5.71. The first-order valence-electron chi connectivity index (χ1n) is 12.3. The number of unbranched alkanes of at least 4 members (excludes halogenated alkanes) is 1. The lowest BCUT2D eigenvalue weighted by molar-refractivity contribution is -0.143. The Balaban J connectivity index is 1.29. The van der Waals surface area contributed by atoms with Gasteiger partial charge < -0.3 is 14.2 Å². The van der Waals surface area contributed by atoms with Crippen molar-refractivity contribution in [3.63, 3.8) is 0 Å². The molecule has 0 radical (unpaired) electrons. The smallest absolute Gasteiger partial charge is 0.411 e. The third-order valence-electron chi connectivity index (χ3n) is 5.71. The Hall–Kier alpha value is -4.13. The van der Waals surface area contributed by atoms with Crippen molar-refractivity contribution >= 4 is 23.7 Å². The number of ether oxygens (including phenoxy) is 3. The lowest BCUT2D eigenvalue weighted by atomic mass is 10.0. The molecule has 1 amide bonds. The van der Waals surface area contributed by atoms with E-state index in [0.29, 0.717) is 18.5 Å². The van der Waals surface area contributed by atoms with Gasteiger partial charge in [0, 0.05) is 5.69 Å². The molecule has 0 saturated carbocycles. The number of aryl methyl sites for hydroxylation is 1. The molecule has 0 aromatic heterocycles. The number of nitrogens with one attached hydrogen (secondary N) is 1. The van der Waals surface area contributed by atoms with Crippen LogP contribution in [0.4, 0.5) is 10.5 Å². The van der Waals surface area contributed by atoms with E-state index in [9.17, 15) is 14.4 Å². The Labute approximate surface area is 217 Å². The maximum Gasteiger partial charge on any atom is 0.411 e. The average Bonchev–Trinajstić information content (AvgIpc) is 2.89. The van der Waals surface area contributed by atoms with Crippen LogP contribution in [0.1, 0.15) is 40.7 Å². The molecule has 3 aromatic carbocycles. The number of amides is 1. The number of hydrogen-bond donors (Lipinski definition) is 1. The molecule has 0 aliphatic carbocycles. The SMILES string of the molecule is COC(=O)Cc1ccc(Cc2ccc(CC(=O)OCCCCOC(=O)Nc3ccc(C)cc3)cc2)cc1. The van der Waals surface area contributed by atoms with E-state index in [0.717, 1.165) is 34.2 Å². The normalized spacial score (nSPS) is 10.4. The fourth-order valence-corrected chi connectivity index (χ4v) is 3.59.